The smallest absolute Gasteiger partial charge is 0.322 e. The summed E-state index contributed by atoms with van der Waals surface area (Å²) in [7, 11) is -1.69. The minimum atomic E-state index is -3.40. The molecule has 1 heterocycles. The van der Waals surface area contributed by atoms with E-state index in [4.69, 9.17) is 5.11 Å². The van der Waals surface area contributed by atoms with E-state index < -0.39 is 24.5 Å². The third kappa shape index (κ3) is 3.28. The van der Waals surface area contributed by atoms with E-state index in [1.54, 1.807) is 17.8 Å². The summed E-state index contributed by atoms with van der Waals surface area (Å²) in [6.45, 7) is 11.3. The van der Waals surface area contributed by atoms with Gasteiger partial charge in [0.2, 0.25) is 0 Å². The molecule has 1 aromatic heterocycles. The highest BCUT2D eigenvalue weighted by Gasteiger charge is 2.58. The first-order chi connectivity index (χ1) is 9.30. The van der Waals surface area contributed by atoms with Gasteiger partial charge in [0, 0.05) is 13.1 Å². The highest BCUT2D eigenvalue weighted by atomic mass is 28.4. The molecule has 0 unspecified atom stereocenters. The normalized spacial score (nSPS) is 13.3. The third-order valence-electron chi connectivity index (χ3n) is 3.72. The highest BCUT2D eigenvalue weighted by molar-refractivity contribution is 6.90. The van der Waals surface area contributed by atoms with Gasteiger partial charge in [-0.15, -0.1) is 0 Å². The summed E-state index contributed by atoms with van der Waals surface area (Å²) in [4.78, 5) is 10.6. The Balaban J connectivity index is 3.31. The molecule has 0 aliphatic rings. The number of nitrogens with zero attached hydrogens (tertiary/aromatic N) is 2. The molecule has 21 heavy (non-hydrogen) atoms. The van der Waals surface area contributed by atoms with Gasteiger partial charge in [-0.1, -0.05) is 41.5 Å². The zero-order valence-corrected chi connectivity index (χ0v) is 14.9. The number of aryl methyl sites for hydroxylation is 1. The predicted molar refractivity (Wildman–Crippen MR) is 85.3 cm³/mol. The Bertz CT molecular complexity index is 515. The lowest BCUT2D eigenvalue weighted by atomic mass is 10.2. The van der Waals surface area contributed by atoms with Crippen LogP contribution in [-0.2, 0) is 11.8 Å². The number of nitrogens with one attached hydrogen (secondary N) is 1. The van der Waals surface area contributed by atoms with Crippen LogP contribution in [0, 0.1) is 0 Å². The summed E-state index contributed by atoms with van der Waals surface area (Å²) >= 11 is 0. The average Bonchev–Trinajstić information content (AvgIpc) is 2.64. The minimum Gasteiger partial charge on any atom is -0.480 e. The molecule has 0 aliphatic carbocycles. The molecule has 1 rings (SSSR count). The number of carbonyl (C=O) groups is 1. The minimum absolute atomic E-state index is 0.234. The van der Waals surface area contributed by atoms with Gasteiger partial charge in [0.25, 0.3) is 0 Å². The molecular formula is C14H26FN3O2Si. The molecular weight excluding hydrogens is 289 g/mol. The van der Waals surface area contributed by atoms with Crippen molar-refractivity contribution < 1.29 is 14.0 Å². The molecule has 5 nitrogen and oxygen atoms in total. The van der Waals surface area contributed by atoms with Crippen LogP contribution in [0.1, 0.15) is 41.5 Å². The van der Waals surface area contributed by atoms with Crippen LogP contribution >= 0.6 is 0 Å². The molecule has 0 atom stereocenters. The van der Waals surface area contributed by atoms with E-state index in [9.17, 15) is 4.79 Å². The maximum atomic E-state index is 16.1. The SMILES string of the molecule is Cn1nc(NCC(=O)O)cc1[Si](F)(C(C)(C)C)C(C)(C)C. The molecule has 0 bridgehead atoms. The van der Waals surface area contributed by atoms with Crippen molar-refractivity contribution in [1.29, 1.82) is 0 Å². The zero-order valence-electron chi connectivity index (χ0n) is 13.9. The molecule has 1 aromatic rings. The standard InChI is InChI=1S/C14H26FN3O2Si/c1-13(2,3)21(15,14(4,5)6)11-8-10(17-18(11)7)16-9-12(19)20/h8H,9H2,1-7H3,(H,16,17)(H,19,20). The molecule has 7 heteroatoms. The molecule has 0 saturated heterocycles. The maximum absolute atomic E-state index is 16.1. The van der Waals surface area contributed by atoms with E-state index in [1.807, 2.05) is 41.5 Å². The Kier molecular flexibility index (Phi) is 4.58. The Morgan fingerprint density at radius 2 is 1.81 bits per heavy atom. The summed E-state index contributed by atoms with van der Waals surface area (Å²) in [5.41, 5.74) is 0. The lowest BCUT2D eigenvalue weighted by molar-refractivity contribution is -0.134. The molecule has 120 valence electrons. The topological polar surface area (TPSA) is 67.2 Å². The van der Waals surface area contributed by atoms with E-state index in [0.29, 0.717) is 11.1 Å². The van der Waals surface area contributed by atoms with Crippen molar-refractivity contribution >= 4 is 25.5 Å². The Hall–Kier alpha value is -1.37. The average molecular weight is 315 g/mol. The second-order valence-corrected chi connectivity index (χ2v) is 12.3. The first-order valence-electron chi connectivity index (χ1n) is 7.00. The fourth-order valence-electron chi connectivity index (χ4n) is 2.94. The van der Waals surface area contributed by atoms with Crippen LogP contribution in [0.3, 0.4) is 0 Å². The van der Waals surface area contributed by atoms with Crippen LogP contribution in [0.25, 0.3) is 0 Å². The lowest BCUT2D eigenvalue weighted by Crippen LogP contribution is -2.60. The van der Waals surface area contributed by atoms with Crippen LogP contribution in [0.4, 0.5) is 9.93 Å². The number of anilines is 1. The van der Waals surface area contributed by atoms with Crippen LogP contribution in [-0.4, -0.2) is 35.8 Å². The van der Waals surface area contributed by atoms with Crippen LogP contribution in [0.2, 0.25) is 10.1 Å². The van der Waals surface area contributed by atoms with Crippen molar-refractivity contribution in [2.45, 2.75) is 51.6 Å². The molecule has 0 aromatic carbocycles. The number of hydrogen-bond acceptors (Lipinski definition) is 3. The van der Waals surface area contributed by atoms with Crippen molar-refractivity contribution in [3.8, 4) is 0 Å². The fraction of sp³-hybridized carbons (Fsp3) is 0.714. The molecule has 0 aliphatic heterocycles. The summed E-state index contributed by atoms with van der Waals surface area (Å²) in [6.07, 6.45) is 0. The van der Waals surface area contributed by atoms with Gasteiger partial charge in [-0.2, -0.15) is 5.10 Å². The van der Waals surface area contributed by atoms with Crippen LogP contribution in [0.5, 0.6) is 0 Å². The largest absolute Gasteiger partial charge is 0.480 e. The number of carboxylic acids is 1. The zero-order chi connectivity index (χ0) is 16.6. The van der Waals surface area contributed by atoms with Gasteiger partial charge in [-0.05, 0) is 10.1 Å². The van der Waals surface area contributed by atoms with E-state index >= 15 is 4.11 Å². The Labute approximate surface area is 126 Å². The first-order valence-corrected chi connectivity index (χ1v) is 8.87. The summed E-state index contributed by atoms with van der Waals surface area (Å²) in [6, 6.07) is 1.66. The molecule has 0 amide bonds. The van der Waals surface area contributed by atoms with Crippen molar-refractivity contribution in [1.82, 2.24) is 9.78 Å². The molecule has 0 fully saturated rings. The van der Waals surface area contributed by atoms with Crippen molar-refractivity contribution in [2.75, 3.05) is 11.9 Å². The van der Waals surface area contributed by atoms with E-state index in [2.05, 4.69) is 10.4 Å². The molecule has 0 spiro atoms. The first kappa shape index (κ1) is 17.7. The van der Waals surface area contributed by atoms with Crippen molar-refractivity contribution in [3.05, 3.63) is 6.07 Å². The molecule has 0 saturated carbocycles. The number of carboxylic acid groups (broad SMARTS) is 1. The number of aliphatic carboxylic acids is 1. The quantitative estimate of drug-likeness (QED) is 0.662. The van der Waals surface area contributed by atoms with Crippen LogP contribution in [0.15, 0.2) is 6.07 Å². The summed E-state index contributed by atoms with van der Waals surface area (Å²) in [5.74, 6) is -0.574. The van der Waals surface area contributed by atoms with Gasteiger partial charge in [0.15, 0.2) is 0 Å². The summed E-state index contributed by atoms with van der Waals surface area (Å²) in [5, 5.41) is 15.2. The number of rotatable bonds is 4. The Morgan fingerprint density at radius 1 is 1.33 bits per heavy atom. The second kappa shape index (κ2) is 5.44. The molecule has 0 radical (unpaired) electrons. The van der Waals surface area contributed by atoms with E-state index in [1.165, 1.54) is 0 Å². The number of halogens is 1. The lowest BCUT2D eigenvalue weighted by Gasteiger charge is -2.44. The highest BCUT2D eigenvalue weighted by Crippen LogP contribution is 2.51. The maximum Gasteiger partial charge on any atom is 0.322 e. The summed E-state index contributed by atoms with van der Waals surface area (Å²) < 4.78 is 17.7. The van der Waals surface area contributed by atoms with Gasteiger partial charge in [-0.3, -0.25) is 9.48 Å². The second-order valence-electron chi connectivity index (χ2n) is 7.44. The van der Waals surface area contributed by atoms with Gasteiger partial charge in [0.1, 0.15) is 12.4 Å². The van der Waals surface area contributed by atoms with Gasteiger partial charge in [-0.25, -0.2) is 0 Å². The monoisotopic (exact) mass is 315 g/mol. The third-order valence-corrected chi connectivity index (χ3v) is 9.03. The van der Waals surface area contributed by atoms with Crippen LogP contribution < -0.4 is 10.6 Å². The fourth-order valence-corrected chi connectivity index (χ4v) is 7.55. The van der Waals surface area contributed by atoms with Gasteiger partial charge < -0.3 is 14.5 Å². The van der Waals surface area contributed by atoms with E-state index in [0.717, 1.165) is 0 Å². The predicted octanol–water partition coefficient (Wildman–Crippen LogP) is 2.64. The van der Waals surface area contributed by atoms with Crippen molar-refractivity contribution in [2.24, 2.45) is 7.05 Å². The van der Waals surface area contributed by atoms with Gasteiger partial charge in [0.05, 0.1) is 5.32 Å². The van der Waals surface area contributed by atoms with E-state index in [-0.39, 0.29) is 6.54 Å². The van der Waals surface area contributed by atoms with Gasteiger partial charge >= 0.3 is 14.4 Å². The Morgan fingerprint density at radius 3 is 2.19 bits per heavy atom. The van der Waals surface area contributed by atoms with Crippen molar-refractivity contribution in [3.63, 3.8) is 0 Å². The number of hydrogen-bond donors (Lipinski definition) is 2. The molecule has 2 N–H and O–H groups in total. The number of aromatic nitrogens is 2.